The first kappa shape index (κ1) is 12.5. The molecule has 5 heteroatoms. The number of hydrogen-bond acceptors (Lipinski definition) is 4. The minimum Gasteiger partial charge on any atom is -0.328 e. The van der Waals surface area contributed by atoms with Gasteiger partial charge >= 0.3 is 0 Å². The quantitative estimate of drug-likeness (QED) is 0.893. The van der Waals surface area contributed by atoms with Gasteiger partial charge in [0, 0.05) is 24.3 Å². The molecule has 3 rings (SSSR count). The van der Waals surface area contributed by atoms with Crippen LogP contribution in [-0.2, 0) is 13.0 Å². The van der Waals surface area contributed by atoms with E-state index >= 15 is 0 Å². The first-order chi connectivity index (χ1) is 8.83. The maximum Gasteiger partial charge on any atom is 0.191 e. The van der Waals surface area contributed by atoms with Gasteiger partial charge in [-0.25, -0.2) is 0 Å². The first-order valence-electron chi connectivity index (χ1n) is 7.17. The molecule has 0 aromatic carbocycles. The van der Waals surface area contributed by atoms with Crippen molar-refractivity contribution in [2.75, 3.05) is 0 Å². The number of aromatic nitrogens is 3. The van der Waals surface area contributed by atoms with Gasteiger partial charge in [0.15, 0.2) is 5.16 Å². The third kappa shape index (κ3) is 2.72. The maximum atomic E-state index is 5.96. The van der Waals surface area contributed by atoms with E-state index in [4.69, 9.17) is 5.73 Å². The Morgan fingerprint density at radius 3 is 2.72 bits per heavy atom. The lowest BCUT2D eigenvalue weighted by molar-refractivity contribution is 0.449. The maximum absolute atomic E-state index is 5.96. The Bertz CT molecular complexity index is 396. The summed E-state index contributed by atoms with van der Waals surface area (Å²) in [6.45, 7) is 1.11. The minimum atomic E-state index is 0.428. The number of nitrogens with zero attached hydrogens (tertiary/aromatic N) is 3. The molecule has 0 radical (unpaired) electrons. The van der Waals surface area contributed by atoms with Gasteiger partial charge in [0.1, 0.15) is 5.82 Å². The van der Waals surface area contributed by atoms with Crippen molar-refractivity contribution in [2.24, 2.45) is 5.73 Å². The Morgan fingerprint density at radius 2 is 1.89 bits per heavy atom. The van der Waals surface area contributed by atoms with Gasteiger partial charge < -0.3 is 10.3 Å². The van der Waals surface area contributed by atoms with E-state index in [1.807, 2.05) is 11.8 Å². The molecule has 0 atom stereocenters. The fourth-order valence-corrected chi connectivity index (χ4v) is 4.12. The highest BCUT2D eigenvalue weighted by atomic mass is 32.2. The molecule has 1 fully saturated rings. The van der Waals surface area contributed by atoms with Gasteiger partial charge in [-0.3, -0.25) is 0 Å². The van der Waals surface area contributed by atoms with Gasteiger partial charge in [0.05, 0.1) is 0 Å². The van der Waals surface area contributed by atoms with E-state index in [-0.39, 0.29) is 0 Å². The fraction of sp³-hybridized carbons (Fsp3) is 0.846. The summed E-state index contributed by atoms with van der Waals surface area (Å²) in [7, 11) is 0. The van der Waals surface area contributed by atoms with Gasteiger partial charge in [0.2, 0.25) is 0 Å². The van der Waals surface area contributed by atoms with Gasteiger partial charge in [-0.15, -0.1) is 10.2 Å². The molecule has 0 unspecified atom stereocenters. The van der Waals surface area contributed by atoms with Crippen molar-refractivity contribution in [3.8, 4) is 0 Å². The highest BCUT2D eigenvalue weighted by Crippen LogP contribution is 2.33. The van der Waals surface area contributed by atoms with E-state index in [1.54, 1.807) is 0 Å². The van der Waals surface area contributed by atoms with E-state index in [0.29, 0.717) is 11.3 Å². The Kier molecular flexibility index (Phi) is 3.89. The third-order valence-electron chi connectivity index (χ3n) is 4.07. The topological polar surface area (TPSA) is 56.7 Å². The number of hydrogen-bond donors (Lipinski definition) is 1. The average molecular weight is 266 g/mol. The average Bonchev–Trinajstić information content (AvgIpc) is 2.62. The molecule has 0 saturated heterocycles. The lowest BCUT2D eigenvalue weighted by Gasteiger charge is -2.25. The number of rotatable bonds is 2. The summed E-state index contributed by atoms with van der Waals surface area (Å²) in [6.07, 6.45) is 9.75. The van der Waals surface area contributed by atoms with E-state index in [1.165, 1.54) is 50.8 Å². The van der Waals surface area contributed by atoms with Crippen molar-refractivity contribution in [3.05, 3.63) is 5.82 Å². The summed E-state index contributed by atoms with van der Waals surface area (Å²) in [5.41, 5.74) is 5.96. The summed E-state index contributed by atoms with van der Waals surface area (Å²) in [5, 5.41) is 10.6. The molecule has 1 aliphatic carbocycles. The van der Waals surface area contributed by atoms with Crippen molar-refractivity contribution in [1.29, 1.82) is 0 Å². The molecule has 4 nitrogen and oxygen atoms in total. The van der Waals surface area contributed by atoms with Crippen LogP contribution in [0.3, 0.4) is 0 Å². The van der Waals surface area contributed by atoms with E-state index in [2.05, 4.69) is 14.8 Å². The van der Waals surface area contributed by atoms with Crippen LogP contribution in [0, 0.1) is 0 Å². The van der Waals surface area contributed by atoms with Crippen LogP contribution >= 0.6 is 11.8 Å². The molecular formula is C13H22N4S. The van der Waals surface area contributed by atoms with Crippen LogP contribution in [0.1, 0.15) is 50.8 Å². The number of aryl methyl sites for hydroxylation is 1. The van der Waals surface area contributed by atoms with E-state index in [0.717, 1.165) is 18.1 Å². The van der Waals surface area contributed by atoms with Crippen LogP contribution in [0.2, 0.25) is 0 Å². The zero-order chi connectivity index (χ0) is 12.4. The largest absolute Gasteiger partial charge is 0.328 e. The molecule has 1 aromatic heterocycles. The van der Waals surface area contributed by atoms with Crippen LogP contribution in [-0.4, -0.2) is 26.1 Å². The smallest absolute Gasteiger partial charge is 0.191 e. The van der Waals surface area contributed by atoms with Crippen LogP contribution in [0.4, 0.5) is 0 Å². The summed E-state index contributed by atoms with van der Waals surface area (Å²) in [4.78, 5) is 0. The first-order valence-corrected chi connectivity index (χ1v) is 8.05. The molecular weight excluding hydrogens is 244 g/mol. The Balaban J connectivity index is 1.67. The molecule has 1 aromatic rings. The van der Waals surface area contributed by atoms with Crippen LogP contribution < -0.4 is 5.73 Å². The zero-order valence-electron chi connectivity index (χ0n) is 10.8. The normalized spacial score (nSPS) is 28.7. The van der Waals surface area contributed by atoms with Crippen LogP contribution in [0.25, 0.3) is 0 Å². The highest BCUT2D eigenvalue weighted by molar-refractivity contribution is 7.99. The molecule has 1 aliphatic heterocycles. The summed E-state index contributed by atoms with van der Waals surface area (Å²) < 4.78 is 2.35. The molecule has 0 amide bonds. The van der Waals surface area contributed by atoms with E-state index < -0.39 is 0 Å². The molecule has 2 aliphatic rings. The van der Waals surface area contributed by atoms with Crippen molar-refractivity contribution >= 4 is 11.8 Å². The predicted octanol–water partition coefficient (Wildman–Crippen LogP) is 2.37. The zero-order valence-corrected chi connectivity index (χ0v) is 11.7. The highest BCUT2D eigenvalue weighted by Gasteiger charge is 2.23. The Labute approximate surface area is 113 Å². The van der Waals surface area contributed by atoms with Crippen LogP contribution in [0.15, 0.2) is 5.16 Å². The second kappa shape index (κ2) is 5.61. The van der Waals surface area contributed by atoms with Crippen molar-refractivity contribution in [1.82, 2.24) is 14.8 Å². The van der Waals surface area contributed by atoms with Crippen molar-refractivity contribution in [2.45, 2.75) is 74.4 Å². The van der Waals surface area contributed by atoms with Gasteiger partial charge in [0.25, 0.3) is 0 Å². The fourth-order valence-electron chi connectivity index (χ4n) is 2.90. The standard InChI is InChI=1S/C13H22N4S/c14-10-5-7-11(8-6-10)18-13-16-15-12-4-2-1-3-9-17(12)13/h10-11H,1-9,14H2. The number of thioether (sulfide) groups is 1. The minimum absolute atomic E-state index is 0.428. The molecule has 100 valence electrons. The van der Waals surface area contributed by atoms with Crippen molar-refractivity contribution < 1.29 is 0 Å². The molecule has 2 heterocycles. The van der Waals surface area contributed by atoms with Gasteiger partial charge in [-0.2, -0.15) is 0 Å². The lowest BCUT2D eigenvalue weighted by atomic mass is 9.96. The second-order valence-electron chi connectivity index (χ2n) is 5.52. The SMILES string of the molecule is NC1CCC(Sc2nnc3n2CCCCC3)CC1. The second-order valence-corrected chi connectivity index (χ2v) is 6.78. The molecule has 1 saturated carbocycles. The van der Waals surface area contributed by atoms with E-state index in [9.17, 15) is 0 Å². The summed E-state index contributed by atoms with van der Waals surface area (Å²) >= 11 is 1.93. The lowest BCUT2D eigenvalue weighted by Crippen LogP contribution is -2.27. The third-order valence-corrected chi connectivity index (χ3v) is 5.38. The number of fused-ring (bicyclic) bond motifs is 1. The molecule has 0 bridgehead atoms. The monoisotopic (exact) mass is 266 g/mol. The number of nitrogens with two attached hydrogens (primary N) is 1. The van der Waals surface area contributed by atoms with Gasteiger partial charge in [-0.05, 0) is 38.5 Å². The Morgan fingerprint density at radius 1 is 1.06 bits per heavy atom. The molecule has 2 N–H and O–H groups in total. The summed E-state index contributed by atoms with van der Waals surface area (Å²) in [5.74, 6) is 1.20. The van der Waals surface area contributed by atoms with Crippen molar-refractivity contribution in [3.63, 3.8) is 0 Å². The Hall–Kier alpha value is -0.550. The summed E-state index contributed by atoms with van der Waals surface area (Å²) in [6, 6.07) is 0.428. The molecule has 0 spiro atoms. The predicted molar refractivity (Wildman–Crippen MR) is 73.7 cm³/mol. The molecule has 18 heavy (non-hydrogen) atoms. The van der Waals surface area contributed by atoms with Gasteiger partial charge in [-0.1, -0.05) is 18.2 Å². The van der Waals surface area contributed by atoms with Crippen LogP contribution in [0.5, 0.6) is 0 Å².